The molecular formula is C13H17N3O5. The topological polar surface area (TPSA) is 96.9 Å². The maximum absolute atomic E-state index is 12.1. The van der Waals surface area contributed by atoms with Gasteiger partial charge in [0.2, 0.25) is 5.91 Å². The summed E-state index contributed by atoms with van der Waals surface area (Å²) in [4.78, 5) is 37.1. The van der Waals surface area contributed by atoms with Gasteiger partial charge in [-0.15, -0.1) is 0 Å². The molecule has 1 aromatic heterocycles. The number of nitrogens with zero attached hydrogens (tertiary/aromatic N) is 3. The fraction of sp³-hybridized carbons (Fsp3) is 0.538. The lowest BCUT2D eigenvalue weighted by molar-refractivity contribution is -0.402. The van der Waals surface area contributed by atoms with E-state index in [1.54, 1.807) is 4.90 Å². The van der Waals surface area contributed by atoms with Gasteiger partial charge < -0.3 is 14.2 Å². The molecule has 2 amide bonds. The minimum absolute atomic E-state index is 0.0366. The smallest absolute Gasteiger partial charge is 0.395 e. The third kappa shape index (κ3) is 2.88. The van der Waals surface area contributed by atoms with E-state index in [1.807, 2.05) is 13.8 Å². The van der Waals surface area contributed by atoms with E-state index in [0.29, 0.717) is 26.2 Å². The molecule has 2 heterocycles. The Balaban J connectivity index is 1.93. The van der Waals surface area contributed by atoms with E-state index >= 15 is 0 Å². The van der Waals surface area contributed by atoms with Crippen LogP contribution in [-0.4, -0.2) is 52.7 Å². The van der Waals surface area contributed by atoms with Gasteiger partial charge in [-0.05, 0) is 19.9 Å². The molecule has 0 aliphatic carbocycles. The van der Waals surface area contributed by atoms with Gasteiger partial charge in [0.1, 0.15) is 4.92 Å². The predicted molar refractivity (Wildman–Crippen MR) is 72.7 cm³/mol. The first kappa shape index (κ1) is 15.0. The van der Waals surface area contributed by atoms with Crippen molar-refractivity contribution >= 4 is 17.7 Å². The standard InChI is InChI=1S/C13H17N3O5/c1-3-14(4-2)12(17)9-7-15(8-9)13(18)10-5-6-11(21-10)16(19)20/h5-6,9H,3-4,7-8H2,1-2H3. The van der Waals surface area contributed by atoms with Gasteiger partial charge in [-0.1, -0.05) is 0 Å². The van der Waals surface area contributed by atoms with Gasteiger partial charge in [0, 0.05) is 26.2 Å². The van der Waals surface area contributed by atoms with Crippen molar-refractivity contribution in [2.24, 2.45) is 5.92 Å². The first-order valence-corrected chi connectivity index (χ1v) is 6.80. The molecule has 0 radical (unpaired) electrons. The van der Waals surface area contributed by atoms with Crippen LogP contribution in [0.2, 0.25) is 0 Å². The quantitative estimate of drug-likeness (QED) is 0.599. The molecule has 1 aliphatic heterocycles. The summed E-state index contributed by atoms with van der Waals surface area (Å²) in [6.07, 6.45) is 0. The van der Waals surface area contributed by atoms with Crippen LogP contribution in [0.4, 0.5) is 5.88 Å². The Hall–Kier alpha value is -2.38. The van der Waals surface area contributed by atoms with Crippen LogP contribution in [0, 0.1) is 16.0 Å². The molecule has 0 aromatic carbocycles. The molecule has 2 rings (SSSR count). The molecule has 21 heavy (non-hydrogen) atoms. The molecular weight excluding hydrogens is 278 g/mol. The van der Waals surface area contributed by atoms with Crippen molar-refractivity contribution in [2.75, 3.05) is 26.2 Å². The number of furan rings is 1. The van der Waals surface area contributed by atoms with E-state index < -0.39 is 16.7 Å². The van der Waals surface area contributed by atoms with Crippen molar-refractivity contribution in [3.63, 3.8) is 0 Å². The Labute approximate surface area is 121 Å². The van der Waals surface area contributed by atoms with Gasteiger partial charge in [-0.2, -0.15) is 0 Å². The predicted octanol–water partition coefficient (Wildman–Crippen LogP) is 1.13. The van der Waals surface area contributed by atoms with Crippen molar-refractivity contribution in [3.8, 4) is 0 Å². The van der Waals surface area contributed by atoms with E-state index in [0.717, 1.165) is 6.07 Å². The monoisotopic (exact) mass is 295 g/mol. The third-order valence-corrected chi connectivity index (χ3v) is 3.58. The van der Waals surface area contributed by atoms with E-state index in [2.05, 4.69) is 0 Å². The van der Waals surface area contributed by atoms with Crippen molar-refractivity contribution in [2.45, 2.75) is 13.8 Å². The van der Waals surface area contributed by atoms with Gasteiger partial charge in [0.15, 0.2) is 5.76 Å². The average molecular weight is 295 g/mol. The molecule has 114 valence electrons. The number of amides is 2. The molecule has 0 spiro atoms. The molecule has 0 saturated carbocycles. The fourth-order valence-corrected chi connectivity index (χ4v) is 2.29. The summed E-state index contributed by atoms with van der Waals surface area (Å²) in [5.74, 6) is -1.12. The van der Waals surface area contributed by atoms with Crippen molar-refractivity contribution in [1.29, 1.82) is 0 Å². The summed E-state index contributed by atoms with van der Waals surface area (Å²) >= 11 is 0. The lowest BCUT2D eigenvalue weighted by Gasteiger charge is -2.39. The number of likely N-dealkylation sites (tertiary alicyclic amines) is 1. The Morgan fingerprint density at radius 1 is 1.38 bits per heavy atom. The second-order valence-electron chi connectivity index (χ2n) is 4.81. The lowest BCUT2D eigenvalue weighted by Crippen LogP contribution is -2.56. The maximum atomic E-state index is 12.1. The summed E-state index contributed by atoms with van der Waals surface area (Å²) < 4.78 is 4.86. The molecule has 8 heteroatoms. The Kier molecular flexibility index (Phi) is 4.25. The normalized spacial score (nSPS) is 14.7. The summed E-state index contributed by atoms with van der Waals surface area (Å²) in [7, 11) is 0. The molecule has 1 aliphatic rings. The summed E-state index contributed by atoms with van der Waals surface area (Å²) in [5, 5.41) is 10.5. The molecule has 1 saturated heterocycles. The minimum atomic E-state index is -0.695. The van der Waals surface area contributed by atoms with Crippen molar-refractivity contribution in [1.82, 2.24) is 9.80 Å². The number of nitro groups is 1. The third-order valence-electron chi connectivity index (χ3n) is 3.58. The SMILES string of the molecule is CCN(CC)C(=O)C1CN(C(=O)c2ccc([N+](=O)[O-])o2)C1. The molecule has 0 unspecified atom stereocenters. The highest BCUT2D eigenvalue weighted by molar-refractivity contribution is 5.94. The lowest BCUT2D eigenvalue weighted by atomic mass is 9.98. The first-order valence-electron chi connectivity index (χ1n) is 6.80. The zero-order valence-corrected chi connectivity index (χ0v) is 11.9. The first-order chi connectivity index (χ1) is 9.97. The van der Waals surface area contributed by atoms with Crippen LogP contribution in [0.5, 0.6) is 0 Å². The summed E-state index contributed by atoms with van der Waals surface area (Å²) in [6.45, 7) is 5.75. The van der Waals surface area contributed by atoms with Gasteiger partial charge >= 0.3 is 5.88 Å². The van der Waals surface area contributed by atoms with E-state index in [1.165, 1.54) is 11.0 Å². The van der Waals surface area contributed by atoms with Gasteiger partial charge in [0.05, 0.1) is 12.0 Å². The molecule has 1 aromatic rings. The minimum Gasteiger partial charge on any atom is -0.395 e. The number of carbonyl (C=O) groups excluding carboxylic acids is 2. The van der Waals surface area contributed by atoms with Crippen LogP contribution >= 0.6 is 0 Å². The van der Waals surface area contributed by atoms with Crippen LogP contribution in [-0.2, 0) is 4.79 Å². The molecule has 1 fully saturated rings. The van der Waals surface area contributed by atoms with Crippen LogP contribution < -0.4 is 0 Å². The highest BCUT2D eigenvalue weighted by Gasteiger charge is 2.38. The van der Waals surface area contributed by atoms with Crippen LogP contribution in [0.25, 0.3) is 0 Å². The van der Waals surface area contributed by atoms with E-state index in [9.17, 15) is 19.7 Å². The number of hydrogen-bond donors (Lipinski definition) is 0. The Bertz CT molecular complexity index is 558. The van der Waals surface area contributed by atoms with Gasteiger partial charge in [-0.3, -0.25) is 19.7 Å². The molecule has 0 bridgehead atoms. The Morgan fingerprint density at radius 3 is 2.48 bits per heavy atom. The van der Waals surface area contributed by atoms with Crippen LogP contribution in [0.3, 0.4) is 0 Å². The Morgan fingerprint density at radius 2 is 2.00 bits per heavy atom. The highest BCUT2D eigenvalue weighted by atomic mass is 16.6. The second-order valence-corrected chi connectivity index (χ2v) is 4.81. The van der Waals surface area contributed by atoms with Gasteiger partial charge in [-0.25, -0.2) is 0 Å². The highest BCUT2D eigenvalue weighted by Crippen LogP contribution is 2.23. The van der Waals surface area contributed by atoms with Crippen molar-refractivity contribution < 1.29 is 18.9 Å². The number of carbonyl (C=O) groups is 2. The molecule has 0 atom stereocenters. The van der Waals surface area contributed by atoms with Gasteiger partial charge in [0.25, 0.3) is 5.91 Å². The van der Waals surface area contributed by atoms with Crippen LogP contribution in [0.15, 0.2) is 16.5 Å². The second kappa shape index (κ2) is 5.94. The van der Waals surface area contributed by atoms with E-state index in [-0.39, 0.29) is 17.6 Å². The molecule has 8 nitrogen and oxygen atoms in total. The largest absolute Gasteiger partial charge is 0.433 e. The summed E-state index contributed by atoms with van der Waals surface area (Å²) in [5.41, 5.74) is 0. The van der Waals surface area contributed by atoms with Crippen LogP contribution in [0.1, 0.15) is 24.4 Å². The fourth-order valence-electron chi connectivity index (χ4n) is 2.29. The maximum Gasteiger partial charge on any atom is 0.433 e. The number of rotatable bonds is 5. The number of hydrogen-bond acceptors (Lipinski definition) is 5. The average Bonchev–Trinajstić information content (AvgIpc) is 2.88. The summed E-state index contributed by atoms with van der Waals surface area (Å²) in [6, 6.07) is 2.42. The van der Waals surface area contributed by atoms with E-state index in [4.69, 9.17) is 4.42 Å². The zero-order valence-electron chi connectivity index (χ0n) is 11.9. The zero-order chi connectivity index (χ0) is 15.6. The van der Waals surface area contributed by atoms with Crippen molar-refractivity contribution in [3.05, 3.63) is 28.0 Å². The molecule has 0 N–H and O–H groups in total.